The van der Waals surface area contributed by atoms with E-state index in [-0.39, 0.29) is 0 Å². The fourth-order valence-corrected chi connectivity index (χ4v) is 7.85. The van der Waals surface area contributed by atoms with Crippen molar-refractivity contribution in [2.45, 2.75) is 13.8 Å². The van der Waals surface area contributed by atoms with Crippen molar-refractivity contribution in [3.8, 4) is 5.75 Å². The molecule has 31 heavy (non-hydrogen) atoms. The first-order valence-corrected chi connectivity index (χ1v) is 14.1. The molecular formula is C22H39N6OPS. The molecule has 0 N–H and O–H groups in total. The smallest absolute Gasteiger partial charge is 0.167 e. The van der Waals surface area contributed by atoms with Gasteiger partial charge >= 0.3 is 0 Å². The van der Waals surface area contributed by atoms with E-state index >= 15 is 0 Å². The number of hydrogen-bond acceptors (Lipinski definition) is 5. The van der Waals surface area contributed by atoms with Gasteiger partial charge < -0.3 is 19.4 Å². The lowest BCUT2D eigenvalue weighted by Gasteiger charge is -2.47. The second-order valence-corrected chi connectivity index (χ2v) is 12.7. The zero-order valence-corrected chi connectivity index (χ0v) is 21.5. The summed E-state index contributed by atoms with van der Waals surface area (Å²) >= 11 is 6.56. The monoisotopic (exact) mass is 466 g/mol. The van der Waals surface area contributed by atoms with Crippen LogP contribution in [0.25, 0.3) is 0 Å². The maximum absolute atomic E-state index is 6.56. The second-order valence-electron chi connectivity index (χ2n) is 8.31. The van der Waals surface area contributed by atoms with Gasteiger partial charge in [-0.2, -0.15) is 0 Å². The first-order valence-electron chi connectivity index (χ1n) is 11.4. The van der Waals surface area contributed by atoms with Gasteiger partial charge in [0.05, 0.1) is 12.8 Å². The number of ether oxygens (including phenoxy) is 1. The standard InChI is InChI=1S/C22H39N6OPS/c1-6-25-12-16-27(17-13-25)22(23-20-8-10-21(29-5)11-9-20)30(31,24(3)4)28-18-14-26(7-2)15-19-28/h8-11H,6-7,12-19H2,1-5H3. The topological polar surface area (TPSA) is 37.8 Å². The fourth-order valence-electron chi connectivity index (χ4n) is 4.24. The summed E-state index contributed by atoms with van der Waals surface area (Å²) in [4.78, 5) is 12.7. The number of methoxy groups -OCH3 is 1. The SMILES string of the molecule is CCN1CCN(C(=Nc2ccc(OC)cc2)P(=S)(N(C)C)N2CCN(CC)CC2)CC1. The highest BCUT2D eigenvalue weighted by Gasteiger charge is 2.39. The van der Waals surface area contributed by atoms with Gasteiger partial charge in [-0.15, -0.1) is 0 Å². The number of likely N-dealkylation sites (N-methyl/N-ethyl adjacent to an activating group) is 2. The predicted octanol–water partition coefficient (Wildman–Crippen LogP) is 2.83. The summed E-state index contributed by atoms with van der Waals surface area (Å²) in [6.07, 6.45) is -2.20. The lowest BCUT2D eigenvalue weighted by atomic mass is 10.3. The first-order chi connectivity index (χ1) is 14.9. The molecule has 7 nitrogen and oxygen atoms in total. The van der Waals surface area contributed by atoms with Crippen molar-refractivity contribution in [2.75, 3.05) is 86.7 Å². The molecule has 0 amide bonds. The molecule has 174 valence electrons. The predicted molar refractivity (Wildman–Crippen MR) is 135 cm³/mol. The molecule has 3 rings (SSSR count). The summed E-state index contributed by atoms with van der Waals surface area (Å²) in [5, 5.41) is 0. The third-order valence-corrected chi connectivity index (χ3v) is 11.7. The zero-order chi connectivity index (χ0) is 22.4. The number of rotatable bonds is 7. The highest BCUT2D eigenvalue weighted by Crippen LogP contribution is 2.55. The Hall–Kier alpha value is -1.02. The number of piperazine rings is 2. The van der Waals surface area contributed by atoms with E-state index in [0.717, 1.165) is 82.5 Å². The molecular weight excluding hydrogens is 427 g/mol. The Labute approximate surface area is 193 Å². The highest BCUT2D eigenvalue weighted by atomic mass is 32.4. The Morgan fingerprint density at radius 3 is 1.90 bits per heavy atom. The van der Waals surface area contributed by atoms with E-state index in [2.05, 4.69) is 52.0 Å². The molecule has 1 unspecified atom stereocenters. The molecule has 0 bridgehead atoms. The molecule has 2 aliphatic heterocycles. The number of nitrogens with zero attached hydrogens (tertiary/aromatic N) is 6. The fraction of sp³-hybridized carbons (Fsp3) is 0.682. The molecule has 0 radical (unpaired) electrons. The van der Waals surface area contributed by atoms with E-state index in [1.54, 1.807) is 7.11 Å². The molecule has 2 aliphatic rings. The van der Waals surface area contributed by atoms with Gasteiger partial charge in [-0.05, 0) is 51.5 Å². The Morgan fingerprint density at radius 2 is 1.45 bits per heavy atom. The molecule has 0 saturated carbocycles. The van der Waals surface area contributed by atoms with E-state index in [1.165, 1.54) is 0 Å². The molecule has 1 aromatic carbocycles. The number of amidine groups is 1. The van der Waals surface area contributed by atoms with Gasteiger partial charge in [-0.3, -0.25) is 9.34 Å². The van der Waals surface area contributed by atoms with Gasteiger partial charge in [0.25, 0.3) is 0 Å². The van der Waals surface area contributed by atoms with E-state index in [0.29, 0.717) is 0 Å². The van der Waals surface area contributed by atoms with Crippen LogP contribution in [0.4, 0.5) is 5.69 Å². The quantitative estimate of drug-likeness (QED) is 0.348. The van der Waals surface area contributed by atoms with Gasteiger partial charge in [0.2, 0.25) is 0 Å². The lowest BCUT2D eigenvalue weighted by molar-refractivity contribution is 0.187. The maximum atomic E-state index is 6.56. The number of hydrogen-bond donors (Lipinski definition) is 0. The van der Waals surface area contributed by atoms with Crippen LogP contribution in [0.15, 0.2) is 29.3 Å². The summed E-state index contributed by atoms with van der Waals surface area (Å²) in [6.45, 7) is 14.9. The average Bonchev–Trinajstić information content (AvgIpc) is 2.82. The molecule has 1 atom stereocenters. The van der Waals surface area contributed by atoms with Crippen LogP contribution in [0.2, 0.25) is 0 Å². The molecule has 0 aliphatic carbocycles. The summed E-state index contributed by atoms with van der Waals surface area (Å²) in [5.41, 5.74) is 2.02. The van der Waals surface area contributed by atoms with Crippen LogP contribution in [0.3, 0.4) is 0 Å². The van der Waals surface area contributed by atoms with Crippen molar-refractivity contribution in [3.63, 3.8) is 0 Å². The van der Waals surface area contributed by atoms with Crippen molar-refractivity contribution < 1.29 is 4.74 Å². The van der Waals surface area contributed by atoms with Gasteiger partial charge in [-0.25, -0.2) is 4.99 Å². The van der Waals surface area contributed by atoms with Crippen LogP contribution in [0.1, 0.15) is 13.8 Å². The first kappa shape index (κ1) is 24.6. The Kier molecular flexibility index (Phi) is 8.91. The Morgan fingerprint density at radius 1 is 0.935 bits per heavy atom. The number of benzene rings is 1. The largest absolute Gasteiger partial charge is 0.497 e. The van der Waals surface area contributed by atoms with Crippen LogP contribution in [0.5, 0.6) is 5.75 Å². The van der Waals surface area contributed by atoms with Crippen LogP contribution >= 0.6 is 6.34 Å². The molecule has 1 aromatic rings. The summed E-state index contributed by atoms with van der Waals surface area (Å²) < 4.78 is 10.2. The van der Waals surface area contributed by atoms with Gasteiger partial charge in [-0.1, -0.05) is 25.7 Å². The normalized spacial score (nSPS) is 22.0. The van der Waals surface area contributed by atoms with Crippen molar-refractivity contribution >= 4 is 29.4 Å². The Balaban J connectivity index is 1.97. The van der Waals surface area contributed by atoms with Gasteiger partial charge in [0, 0.05) is 52.4 Å². The maximum Gasteiger partial charge on any atom is 0.167 e. The lowest BCUT2D eigenvalue weighted by Crippen LogP contribution is -2.52. The van der Waals surface area contributed by atoms with E-state index < -0.39 is 6.34 Å². The minimum Gasteiger partial charge on any atom is -0.497 e. The Bertz CT molecular complexity index is 771. The second kappa shape index (κ2) is 11.2. The summed E-state index contributed by atoms with van der Waals surface area (Å²) in [6, 6.07) is 8.02. The third kappa shape index (κ3) is 5.67. The average molecular weight is 467 g/mol. The van der Waals surface area contributed by atoms with Crippen molar-refractivity contribution in [2.24, 2.45) is 4.99 Å². The van der Waals surface area contributed by atoms with Gasteiger partial charge in [0.15, 0.2) is 5.58 Å². The third-order valence-electron chi connectivity index (χ3n) is 6.39. The van der Waals surface area contributed by atoms with Crippen molar-refractivity contribution in [1.82, 2.24) is 24.0 Å². The molecule has 2 saturated heterocycles. The minimum atomic E-state index is -2.20. The van der Waals surface area contributed by atoms with Crippen molar-refractivity contribution in [3.05, 3.63) is 24.3 Å². The molecule has 2 fully saturated rings. The van der Waals surface area contributed by atoms with Crippen molar-refractivity contribution in [1.29, 1.82) is 0 Å². The molecule has 0 spiro atoms. The van der Waals surface area contributed by atoms with Crippen LogP contribution in [-0.4, -0.2) is 116 Å². The van der Waals surface area contributed by atoms with E-state index in [1.807, 2.05) is 24.3 Å². The van der Waals surface area contributed by atoms with Crippen LogP contribution in [-0.2, 0) is 11.8 Å². The van der Waals surface area contributed by atoms with Crippen LogP contribution < -0.4 is 4.74 Å². The minimum absolute atomic E-state index is 0.847. The highest BCUT2D eigenvalue weighted by molar-refractivity contribution is 8.20. The molecule has 9 heteroatoms. The van der Waals surface area contributed by atoms with Crippen LogP contribution in [0, 0.1) is 0 Å². The van der Waals surface area contributed by atoms with Gasteiger partial charge in [0.1, 0.15) is 12.1 Å². The zero-order valence-electron chi connectivity index (χ0n) is 19.8. The van der Waals surface area contributed by atoms with E-state index in [9.17, 15) is 0 Å². The van der Waals surface area contributed by atoms with E-state index in [4.69, 9.17) is 21.5 Å². The summed E-state index contributed by atoms with van der Waals surface area (Å²) in [5.74, 6) is 0.847. The number of aliphatic imine (C=N–C) groups is 1. The molecule has 2 heterocycles. The summed E-state index contributed by atoms with van der Waals surface area (Å²) in [7, 11) is 5.97. The molecule has 0 aromatic heterocycles.